The van der Waals surface area contributed by atoms with E-state index in [0.717, 1.165) is 25.2 Å². The van der Waals surface area contributed by atoms with Crippen LogP contribution in [-0.2, 0) is 4.79 Å². The Morgan fingerprint density at radius 3 is 2.73 bits per heavy atom. The molecule has 1 aliphatic heterocycles. The van der Waals surface area contributed by atoms with E-state index in [1.54, 1.807) is 0 Å². The molecule has 0 spiro atoms. The fourth-order valence-electron chi connectivity index (χ4n) is 2.67. The van der Waals surface area contributed by atoms with Crippen molar-refractivity contribution in [2.24, 2.45) is 0 Å². The first-order valence-electron chi connectivity index (χ1n) is 7.45. The van der Waals surface area contributed by atoms with Crippen molar-refractivity contribution in [2.45, 2.75) is 32.2 Å². The number of likely N-dealkylation sites (N-methyl/N-ethyl adjacent to an activating group) is 1. The second-order valence-corrected chi connectivity index (χ2v) is 5.46. The average molecular weight is 348 g/mol. The molecule has 0 radical (unpaired) electrons. The number of hydrogen-bond donors (Lipinski definition) is 2. The fourth-order valence-corrected chi connectivity index (χ4v) is 2.67. The van der Waals surface area contributed by atoms with Crippen molar-refractivity contribution < 1.29 is 4.79 Å². The predicted octanol–water partition coefficient (Wildman–Crippen LogP) is 2.85. The van der Waals surface area contributed by atoms with Crippen molar-refractivity contribution in [2.75, 3.05) is 32.0 Å². The van der Waals surface area contributed by atoms with Crippen molar-refractivity contribution in [1.82, 2.24) is 10.2 Å². The number of nitrogens with one attached hydrogen (secondary N) is 2. The van der Waals surface area contributed by atoms with E-state index < -0.39 is 0 Å². The predicted molar refractivity (Wildman–Crippen MR) is 97.4 cm³/mol. The van der Waals surface area contributed by atoms with Crippen LogP contribution >= 0.6 is 24.8 Å². The lowest BCUT2D eigenvalue weighted by Crippen LogP contribution is -2.47. The third-order valence-corrected chi connectivity index (χ3v) is 3.98. The maximum atomic E-state index is 12.2. The van der Waals surface area contributed by atoms with Gasteiger partial charge >= 0.3 is 0 Å². The van der Waals surface area contributed by atoms with E-state index in [9.17, 15) is 4.79 Å². The number of aryl methyl sites for hydroxylation is 1. The molecule has 6 heteroatoms. The Hall–Kier alpha value is -0.970. The summed E-state index contributed by atoms with van der Waals surface area (Å²) in [4.78, 5) is 14.2. The number of amides is 1. The third-order valence-electron chi connectivity index (χ3n) is 3.98. The lowest BCUT2D eigenvalue weighted by atomic mass is 10.1. The number of carbonyl (C=O) groups excluding carboxylic acids is 1. The summed E-state index contributed by atoms with van der Waals surface area (Å²) in [6, 6.07) is 8.62. The van der Waals surface area contributed by atoms with Gasteiger partial charge in [-0.25, -0.2) is 0 Å². The minimum absolute atomic E-state index is 0. The number of carbonyl (C=O) groups is 1. The van der Waals surface area contributed by atoms with Crippen LogP contribution in [-0.4, -0.2) is 43.5 Å². The summed E-state index contributed by atoms with van der Waals surface area (Å²) in [6.07, 6.45) is 2.83. The van der Waals surface area contributed by atoms with Gasteiger partial charge in [-0.15, -0.1) is 24.8 Å². The summed E-state index contributed by atoms with van der Waals surface area (Å²) in [5, 5.41) is 6.61. The molecule has 1 saturated heterocycles. The van der Waals surface area contributed by atoms with Gasteiger partial charge in [-0.2, -0.15) is 0 Å². The van der Waals surface area contributed by atoms with Crippen LogP contribution in [0.1, 0.15) is 24.8 Å². The van der Waals surface area contributed by atoms with Crippen molar-refractivity contribution in [3.63, 3.8) is 0 Å². The SMILES string of the molecule is CNC1CCCN(C(=O)CCNc2ccccc2C)C1.Cl.Cl. The van der Waals surface area contributed by atoms with Gasteiger partial charge in [0.05, 0.1) is 0 Å². The Morgan fingerprint density at radius 2 is 2.05 bits per heavy atom. The molecule has 2 N–H and O–H groups in total. The standard InChI is InChI=1S/C16H25N3O.2ClH/c1-13-6-3-4-8-15(13)18-10-9-16(20)19-11-5-7-14(12-19)17-2;;/h3-4,6,8,14,17-18H,5,7,9-12H2,1-2H3;2*1H. The number of anilines is 1. The summed E-state index contributed by atoms with van der Waals surface area (Å²) in [5.41, 5.74) is 2.33. The summed E-state index contributed by atoms with van der Waals surface area (Å²) >= 11 is 0. The van der Waals surface area contributed by atoms with E-state index in [2.05, 4.69) is 29.7 Å². The molecule has 0 aliphatic carbocycles. The highest BCUT2D eigenvalue weighted by molar-refractivity contribution is 5.85. The minimum atomic E-state index is 0. The molecule has 2 rings (SSSR count). The normalized spacial score (nSPS) is 17.2. The lowest BCUT2D eigenvalue weighted by Gasteiger charge is -2.32. The monoisotopic (exact) mass is 347 g/mol. The van der Waals surface area contributed by atoms with Gasteiger partial charge in [0.25, 0.3) is 0 Å². The number of nitrogens with zero attached hydrogens (tertiary/aromatic N) is 1. The molecule has 1 unspecified atom stereocenters. The molecular formula is C16H27Cl2N3O. The van der Waals surface area contributed by atoms with Crippen molar-refractivity contribution >= 4 is 36.4 Å². The first kappa shape index (κ1) is 21.0. The van der Waals surface area contributed by atoms with Gasteiger partial charge in [0.2, 0.25) is 5.91 Å². The van der Waals surface area contributed by atoms with Crippen molar-refractivity contribution in [3.8, 4) is 0 Å². The van der Waals surface area contributed by atoms with Crippen LogP contribution < -0.4 is 10.6 Å². The van der Waals surface area contributed by atoms with Crippen LogP contribution in [0.2, 0.25) is 0 Å². The Morgan fingerprint density at radius 1 is 1.32 bits per heavy atom. The molecule has 1 aromatic carbocycles. The molecule has 4 nitrogen and oxygen atoms in total. The zero-order valence-corrected chi connectivity index (χ0v) is 14.9. The van der Waals surface area contributed by atoms with Gasteiger partial charge in [0, 0.05) is 37.8 Å². The van der Waals surface area contributed by atoms with E-state index in [1.807, 2.05) is 24.1 Å². The summed E-state index contributed by atoms with van der Waals surface area (Å²) in [5.74, 6) is 0.256. The minimum Gasteiger partial charge on any atom is -0.384 e. The molecule has 0 aromatic heterocycles. The maximum absolute atomic E-state index is 12.2. The Balaban J connectivity index is 0.00000220. The maximum Gasteiger partial charge on any atom is 0.224 e. The molecule has 0 bridgehead atoms. The Labute approximate surface area is 145 Å². The fraction of sp³-hybridized carbons (Fsp3) is 0.562. The van der Waals surface area contributed by atoms with Crippen molar-refractivity contribution in [3.05, 3.63) is 29.8 Å². The van der Waals surface area contributed by atoms with E-state index in [0.29, 0.717) is 19.0 Å². The average Bonchev–Trinajstić information content (AvgIpc) is 2.49. The number of hydrogen-bond acceptors (Lipinski definition) is 3. The van der Waals surface area contributed by atoms with Gasteiger partial charge in [0.1, 0.15) is 0 Å². The Kier molecular flexibility index (Phi) is 10.2. The number of piperidine rings is 1. The number of benzene rings is 1. The number of likely N-dealkylation sites (tertiary alicyclic amines) is 1. The molecule has 126 valence electrons. The van der Waals surface area contributed by atoms with Crippen LogP contribution in [0, 0.1) is 6.92 Å². The largest absolute Gasteiger partial charge is 0.384 e. The van der Waals surface area contributed by atoms with Crippen LogP contribution in [0.3, 0.4) is 0 Å². The van der Waals surface area contributed by atoms with Gasteiger partial charge in [0.15, 0.2) is 0 Å². The summed E-state index contributed by atoms with van der Waals surface area (Å²) < 4.78 is 0. The van der Waals surface area contributed by atoms with Crippen LogP contribution in [0.25, 0.3) is 0 Å². The molecular weight excluding hydrogens is 321 g/mol. The van der Waals surface area contributed by atoms with Gasteiger partial charge in [-0.3, -0.25) is 4.79 Å². The van der Waals surface area contributed by atoms with E-state index in [1.165, 1.54) is 12.0 Å². The highest BCUT2D eigenvalue weighted by Gasteiger charge is 2.21. The molecule has 1 aromatic rings. The molecule has 1 amide bonds. The number of rotatable bonds is 5. The first-order chi connectivity index (χ1) is 9.70. The van der Waals surface area contributed by atoms with E-state index >= 15 is 0 Å². The van der Waals surface area contributed by atoms with E-state index in [4.69, 9.17) is 0 Å². The molecule has 1 aliphatic rings. The second-order valence-electron chi connectivity index (χ2n) is 5.46. The van der Waals surface area contributed by atoms with Gasteiger partial charge in [-0.05, 0) is 38.4 Å². The second kappa shape index (κ2) is 10.7. The third kappa shape index (κ3) is 6.03. The van der Waals surface area contributed by atoms with Crippen molar-refractivity contribution in [1.29, 1.82) is 0 Å². The first-order valence-corrected chi connectivity index (χ1v) is 7.45. The van der Waals surface area contributed by atoms with Crippen LogP contribution in [0.4, 0.5) is 5.69 Å². The number of halogens is 2. The number of para-hydroxylation sites is 1. The van der Waals surface area contributed by atoms with Crippen LogP contribution in [0.5, 0.6) is 0 Å². The smallest absolute Gasteiger partial charge is 0.224 e. The van der Waals surface area contributed by atoms with E-state index in [-0.39, 0.29) is 30.7 Å². The topological polar surface area (TPSA) is 44.4 Å². The zero-order chi connectivity index (χ0) is 14.4. The summed E-state index contributed by atoms with van der Waals surface area (Å²) in [6.45, 7) is 4.53. The molecule has 22 heavy (non-hydrogen) atoms. The molecule has 0 saturated carbocycles. The molecule has 1 heterocycles. The van der Waals surface area contributed by atoms with Crippen LogP contribution in [0.15, 0.2) is 24.3 Å². The summed E-state index contributed by atoms with van der Waals surface area (Å²) in [7, 11) is 1.97. The quantitative estimate of drug-likeness (QED) is 0.860. The van der Waals surface area contributed by atoms with Gasteiger partial charge < -0.3 is 15.5 Å². The molecule has 1 atom stereocenters. The molecule has 1 fully saturated rings. The Bertz CT molecular complexity index is 457. The highest BCUT2D eigenvalue weighted by atomic mass is 35.5. The zero-order valence-electron chi connectivity index (χ0n) is 13.3. The lowest BCUT2D eigenvalue weighted by molar-refractivity contribution is -0.132. The van der Waals surface area contributed by atoms with Gasteiger partial charge in [-0.1, -0.05) is 18.2 Å². The highest BCUT2D eigenvalue weighted by Crippen LogP contribution is 2.14.